The Labute approximate surface area is 94.6 Å². The predicted molar refractivity (Wildman–Crippen MR) is 62.9 cm³/mol. The first-order chi connectivity index (χ1) is 7.35. The van der Waals surface area contributed by atoms with Crippen LogP contribution in [0.2, 0.25) is 0 Å². The van der Waals surface area contributed by atoms with Crippen molar-refractivity contribution in [3.05, 3.63) is 16.3 Å². The fraction of sp³-hybridized carbons (Fsp3) is 0.636. The van der Waals surface area contributed by atoms with Crippen molar-refractivity contribution in [2.75, 3.05) is 7.11 Å². The van der Waals surface area contributed by atoms with E-state index < -0.39 is 0 Å². The number of hydrogen-bond donors (Lipinski definition) is 2. The molecule has 1 aliphatic rings. The van der Waals surface area contributed by atoms with Crippen molar-refractivity contribution in [1.29, 1.82) is 0 Å². The topological polar surface area (TPSA) is 47.3 Å². The molecule has 0 spiro atoms. The molecule has 0 radical (unpaired) electrons. The van der Waals surface area contributed by atoms with Crippen molar-refractivity contribution in [3.63, 3.8) is 0 Å². The molecule has 0 aromatic carbocycles. The number of thiophene rings is 1. The molecule has 4 heteroatoms. The highest BCUT2D eigenvalue weighted by Crippen LogP contribution is 2.38. The zero-order chi connectivity index (χ0) is 10.7. The molecule has 3 nitrogen and oxygen atoms in total. The van der Waals surface area contributed by atoms with Crippen molar-refractivity contribution in [2.24, 2.45) is 11.8 Å². The Morgan fingerprint density at radius 2 is 2.27 bits per heavy atom. The van der Waals surface area contributed by atoms with Crippen LogP contribution in [0.4, 0.5) is 0 Å². The number of nitrogens with one attached hydrogen (secondary N) is 1. The van der Waals surface area contributed by atoms with Crippen LogP contribution >= 0.6 is 11.3 Å². The molecule has 15 heavy (non-hydrogen) atoms. The molecule has 1 fully saturated rings. The van der Waals surface area contributed by atoms with E-state index in [4.69, 9.17) is 10.6 Å². The van der Waals surface area contributed by atoms with Crippen LogP contribution in [0, 0.1) is 5.92 Å². The minimum absolute atomic E-state index is 0.307. The first-order valence-corrected chi connectivity index (χ1v) is 6.31. The first-order valence-electron chi connectivity index (χ1n) is 5.43. The maximum Gasteiger partial charge on any atom is 0.129 e. The molecule has 1 aromatic heterocycles. The molecule has 3 N–H and O–H groups in total. The highest BCUT2D eigenvalue weighted by molar-refractivity contribution is 7.10. The van der Waals surface area contributed by atoms with Gasteiger partial charge in [-0.25, -0.2) is 0 Å². The van der Waals surface area contributed by atoms with E-state index in [2.05, 4.69) is 11.5 Å². The highest BCUT2D eigenvalue weighted by atomic mass is 32.1. The Morgan fingerprint density at radius 3 is 2.80 bits per heavy atom. The van der Waals surface area contributed by atoms with Crippen LogP contribution < -0.4 is 16.0 Å². The lowest BCUT2D eigenvalue weighted by Crippen LogP contribution is -2.32. The van der Waals surface area contributed by atoms with Crippen LogP contribution in [0.3, 0.4) is 0 Å². The van der Waals surface area contributed by atoms with E-state index in [9.17, 15) is 0 Å². The van der Waals surface area contributed by atoms with Gasteiger partial charge in [-0.05, 0) is 24.8 Å². The lowest BCUT2D eigenvalue weighted by Gasteiger charge is -2.20. The molecule has 0 saturated heterocycles. The van der Waals surface area contributed by atoms with Gasteiger partial charge < -0.3 is 4.74 Å². The molecular weight excluding hydrogens is 208 g/mol. The molecule has 0 aliphatic heterocycles. The summed E-state index contributed by atoms with van der Waals surface area (Å²) in [5, 5.41) is 2.04. The van der Waals surface area contributed by atoms with Gasteiger partial charge in [-0.15, -0.1) is 11.3 Å². The average Bonchev–Trinajstić information content (AvgIpc) is 2.89. The number of nitrogens with two attached hydrogens (primary N) is 1. The quantitative estimate of drug-likeness (QED) is 0.612. The second-order valence-corrected chi connectivity index (χ2v) is 5.02. The van der Waals surface area contributed by atoms with E-state index in [0.717, 1.165) is 5.75 Å². The second-order valence-electron chi connectivity index (χ2n) is 4.08. The fourth-order valence-corrected chi connectivity index (χ4v) is 3.35. The maximum atomic E-state index is 5.65. The summed E-state index contributed by atoms with van der Waals surface area (Å²) in [5.41, 5.74) is 2.95. The zero-order valence-electron chi connectivity index (χ0n) is 9.03. The van der Waals surface area contributed by atoms with E-state index in [-0.39, 0.29) is 0 Å². The third-order valence-corrected chi connectivity index (χ3v) is 4.18. The maximum absolute atomic E-state index is 5.65. The minimum Gasteiger partial charge on any atom is -0.496 e. The van der Waals surface area contributed by atoms with Gasteiger partial charge in [-0.3, -0.25) is 11.3 Å². The summed E-state index contributed by atoms with van der Waals surface area (Å²) < 4.78 is 5.19. The Bertz CT molecular complexity index is 307. The fourth-order valence-electron chi connectivity index (χ4n) is 2.35. The van der Waals surface area contributed by atoms with Gasteiger partial charge in [0.1, 0.15) is 5.75 Å². The highest BCUT2D eigenvalue weighted by Gasteiger charge is 2.26. The second kappa shape index (κ2) is 4.96. The third-order valence-electron chi connectivity index (χ3n) is 3.19. The van der Waals surface area contributed by atoms with Crippen molar-refractivity contribution in [3.8, 4) is 5.75 Å². The molecule has 1 saturated carbocycles. The molecule has 84 valence electrons. The number of methoxy groups -OCH3 is 1. The van der Waals surface area contributed by atoms with Crippen molar-refractivity contribution in [1.82, 2.24) is 5.43 Å². The largest absolute Gasteiger partial charge is 0.496 e. The smallest absolute Gasteiger partial charge is 0.129 e. The van der Waals surface area contributed by atoms with Crippen LogP contribution in [0.25, 0.3) is 0 Å². The van der Waals surface area contributed by atoms with Crippen LogP contribution in [0.1, 0.15) is 36.6 Å². The molecule has 1 aliphatic carbocycles. The third kappa shape index (κ3) is 2.33. The summed E-state index contributed by atoms with van der Waals surface area (Å²) >= 11 is 1.73. The summed E-state index contributed by atoms with van der Waals surface area (Å²) in [5.74, 6) is 7.28. The molecule has 2 rings (SSSR count). The normalized spacial score (nSPS) is 19.3. The molecule has 1 heterocycles. The van der Waals surface area contributed by atoms with Gasteiger partial charge in [0.25, 0.3) is 0 Å². The summed E-state index contributed by atoms with van der Waals surface area (Å²) in [4.78, 5) is 1.29. The van der Waals surface area contributed by atoms with Crippen LogP contribution in [-0.4, -0.2) is 7.11 Å². The van der Waals surface area contributed by atoms with Crippen LogP contribution in [0.5, 0.6) is 5.75 Å². The van der Waals surface area contributed by atoms with Gasteiger partial charge >= 0.3 is 0 Å². The molecule has 0 bridgehead atoms. The van der Waals surface area contributed by atoms with Gasteiger partial charge in [-0.1, -0.05) is 12.8 Å². The number of hydrogen-bond acceptors (Lipinski definition) is 4. The van der Waals surface area contributed by atoms with Gasteiger partial charge in [0.15, 0.2) is 0 Å². The standard InChI is InChI=1S/C11H18N2OS/c1-14-9-6-10(15-7-9)11(13-12)8-4-2-3-5-8/h6-8,11,13H,2-5,12H2,1H3. The van der Waals surface area contributed by atoms with Crippen molar-refractivity contribution >= 4 is 11.3 Å². The molecular formula is C11H18N2OS. The van der Waals surface area contributed by atoms with E-state index in [1.54, 1.807) is 18.4 Å². The van der Waals surface area contributed by atoms with Gasteiger partial charge in [0.05, 0.1) is 13.2 Å². The number of hydrazine groups is 1. The Hall–Kier alpha value is -0.580. The summed E-state index contributed by atoms with van der Waals surface area (Å²) in [6.07, 6.45) is 5.25. The number of ether oxygens (including phenoxy) is 1. The Balaban J connectivity index is 2.10. The lowest BCUT2D eigenvalue weighted by molar-refractivity contribution is 0.376. The van der Waals surface area contributed by atoms with E-state index in [0.29, 0.717) is 12.0 Å². The summed E-state index contributed by atoms with van der Waals surface area (Å²) in [6.45, 7) is 0. The summed E-state index contributed by atoms with van der Waals surface area (Å²) in [7, 11) is 1.70. The minimum atomic E-state index is 0.307. The van der Waals surface area contributed by atoms with E-state index in [1.165, 1.54) is 30.6 Å². The van der Waals surface area contributed by atoms with E-state index in [1.807, 2.05) is 5.38 Å². The monoisotopic (exact) mass is 226 g/mol. The van der Waals surface area contributed by atoms with Crippen molar-refractivity contribution in [2.45, 2.75) is 31.7 Å². The SMILES string of the molecule is COc1csc(C(NN)C2CCCC2)c1. The van der Waals surface area contributed by atoms with E-state index >= 15 is 0 Å². The molecule has 1 atom stereocenters. The predicted octanol–water partition coefficient (Wildman–Crippen LogP) is 2.45. The van der Waals surface area contributed by atoms with Crippen molar-refractivity contribution < 1.29 is 4.74 Å². The van der Waals surface area contributed by atoms with Crippen LogP contribution in [0.15, 0.2) is 11.4 Å². The Morgan fingerprint density at radius 1 is 1.53 bits per heavy atom. The Kier molecular flexibility index (Phi) is 3.61. The van der Waals surface area contributed by atoms with Gasteiger partial charge in [0, 0.05) is 10.3 Å². The molecule has 1 unspecified atom stereocenters. The zero-order valence-corrected chi connectivity index (χ0v) is 9.85. The molecule has 1 aromatic rings. The first kappa shape index (κ1) is 10.9. The number of rotatable bonds is 4. The van der Waals surface area contributed by atoms with Crippen LogP contribution in [-0.2, 0) is 0 Å². The van der Waals surface area contributed by atoms with Gasteiger partial charge in [0.2, 0.25) is 0 Å². The van der Waals surface area contributed by atoms with Gasteiger partial charge in [-0.2, -0.15) is 0 Å². The lowest BCUT2D eigenvalue weighted by atomic mass is 9.97. The average molecular weight is 226 g/mol. The summed E-state index contributed by atoms with van der Waals surface area (Å²) in [6, 6.07) is 2.40. The molecule has 0 amide bonds.